The fourth-order valence-electron chi connectivity index (χ4n) is 5.46. The molecule has 0 spiro atoms. The highest BCUT2D eigenvalue weighted by Crippen LogP contribution is 2.28. The number of aryl methyl sites for hydroxylation is 1. The van der Waals surface area contributed by atoms with Gasteiger partial charge in [-0.05, 0) is 62.4 Å². The minimum Gasteiger partial charge on any atom is -0.480 e. The first-order chi connectivity index (χ1) is 20.1. The number of amides is 1. The number of imidazole rings is 1. The lowest BCUT2D eigenvalue weighted by Crippen LogP contribution is -2.38. The fourth-order valence-corrected chi connectivity index (χ4v) is 5.46. The van der Waals surface area contributed by atoms with Crippen LogP contribution in [0.25, 0.3) is 17.1 Å². The van der Waals surface area contributed by atoms with Crippen molar-refractivity contribution in [1.29, 1.82) is 0 Å². The molecule has 0 aromatic carbocycles. The number of rotatable bonds is 8. The zero-order valence-electron chi connectivity index (χ0n) is 23.6. The first-order valence-electron chi connectivity index (χ1n) is 14.2. The lowest BCUT2D eigenvalue weighted by Gasteiger charge is -2.30. The molecule has 2 aliphatic rings. The highest BCUT2D eigenvalue weighted by atomic mass is 16.5. The molecule has 6 rings (SSSR count). The lowest BCUT2D eigenvalue weighted by molar-refractivity contribution is -0.125. The van der Waals surface area contributed by atoms with E-state index in [-0.39, 0.29) is 11.8 Å². The molecule has 10 heteroatoms. The van der Waals surface area contributed by atoms with Crippen molar-refractivity contribution < 1.29 is 14.3 Å². The largest absolute Gasteiger partial charge is 0.480 e. The van der Waals surface area contributed by atoms with Crippen molar-refractivity contribution in [3.8, 4) is 23.0 Å². The predicted molar refractivity (Wildman–Crippen MR) is 156 cm³/mol. The third kappa shape index (κ3) is 6.07. The molecule has 4 aromatic heterocycles. The van der Waals surface area contributed by atoms with E-state index in [1.165, 1.54) is 12.8 Å². The van der Waals surface area contributed by atoms with E-state index >= 15 is 0 Å². The van der Waals surface area contributed by atoms with Gasteiger partial charge < -0.3 is 19.3 Å². The number of hydrogen-bond donors (Lipinski definition) is 0. The van der Waals surface area contributed by atoms with Crippen molar-refractivity contribution >= 4 is 17.4 Å². The van der Waals surface area contributed by atoms with Crippen LogP contribution in [0.3, 0.4) is 0 Å². The molecular weight excluding hydrogens is 518 g/mol. The number of anilines is 2. The highest BCUT2D eigenvalue weighted by Gasteiger charge is 2.28. The molecule has 2 saturated heterocycles. The van der Waals surface area contributed by atoms with Crippen LogP contribution in [0, 0.1) is 12.8 Å². The first kappa shape index (κ1) is 26.9. The van der Waals surface area contributed by atoms with Crippen LogP contribution in [0.2, 0.25) is 0 Å². The molecule has 10 nitrogen and oxygen atoms in total. The van der Waals surface area contributed by atoms with Crippen LogP contribution in [0.4, 0.5) is 11.5 Å². The van der Waals surface area contributed by atoms with Gasteiger partial charge in [0.1, 0.15) is 18.0 Å². The second-order valence-electron chi connectivity index (χ2n) is 10.6. The van der Waals surface area contributed by atoms with Gasteiger partial charge in [-0.1, -0.05) is 6.07 Å². The maximum Gasteiger partial charge on any atom is 0.231 e. The van der Waals surface area contributed by atoms with Crippen molar-refractivity contribution in [2.45, 2.75) is 39.2 Å². The van der Waals surface area contributed by atoms with Gasteiger partial charge in [-0.2, -0.15) is 0 Å². The molecule has 212 valence electrons. The Kier molecular flexibility index (Phi) is 7.91. The van der Waals surface area contributed by atoms with Gasteiger partial charge in [-0.15, -0.1) is 0 Å². The SMILES string of the molecule is COc1cn(-c2cc(N(Cc3ccc(-c4ccc(N5CCCC5)nc4)nc3)C(=O)C3CCOCC3)cc(C)n2)cn1. The molecule has 0 N–H and O–H groups in total. The Hall–Kier alpha value is -4.31. The summed E-state index contributed by atoms with van der Waals surface area (Å²) in [4.78, 5) is 36.4. The van der Waals surface area contributed by atoms with Crippen LogP contribution < -0.4 is 14.5 Å². The third-order valence-corrected chi connectivity index (χ3v) is 7.74. The Bertz CT molecular complexity index is 1470. The van der Waals surface area contributed by atoms with E-state index in [4.69, 9.17) is 14.5 Å². The van der Waals surface area contributed by atoms with Crippen LogP contribution in [0.15, 0.2) is 61.3 Å². The topological polar surface area (TPSA) is 98.5 Å². The van der Waals surface area contributed by atoms with E-state index in [1.807, 2.05) is 48.5 Å². The van der Waals surface area contributed by atoms with Crippen molar-refractivity contribution in [3.63, 3.8) is 0 Å². The Morgan fingerprint density at radius 2 is 1.85 bits per heavy atom. The number of nitrogens with zero attached hydrogens (tertiary/aromatic N) is 7. The summed E-state index contributed by atoms with van der Waals surface area (Å²) in [7, 11) is 1.58. The zero-order valence-corrected chi connectivity index (χ0v) is 23.6. The van der Waals surface area contributed by atoms with Crippen molar-refractivity contribution in [1.82, 2.24) is 24.5 Å². The Morgan fingerprint density at radius 1 is 1.02 bits per heavy atom. The number of hydrogen-bond acceptors (Lipinski definition) is 8. The van der Waals surface area contributed by atoms with Gasteiger partial charge in [-0.3, -0.25) is 14.3 Å². The van der Waals surface area contributed by atoms with Gasteiger partial charge >= 0.3 is 0 Å². The number of aromatic nitrogens is 5. The molecule has 0 atom stereocenters. The molecule has 2 fully saturated rings. The van der Waals surface area contributed by atoms with Gasteiger partial charge in [0.15, 0.2) is 0 Å². The summed E-state index contributed by atoms with van der Waals surface area (Å²) < 4.78 is 12.6. The summed E-state index contributed by atoms with van der Waals surface area (Å²) in [5.74, 6) is 2.17. The summed E-state index contributed by atoms with van der Waals surface area (Å²) in [5.41, 5.74) is 4.35. The number of ether oxygens (including phenoxy) is 2. The number of pyridine rings is 3. The molecule has 6 heterocycles. The summed E-state index contributed by atoms with van der Waals surface area (Å²) in [6.45, 7) is 5.65. The van der Waals surface area contributed by atoms with E-state index in [1.54, 1.807) is 24.2 Å². The van der Waals surface area contributed by atoms with E-state index in [0.29, 0.717) is 44.3 Å². The van der Waals surface area contributed by atoms with Crippen LogP contribution >= 0.6 is 0 Å². The number of carbonyl (C=O) groups excluding carboxylic acids is 1. The standard InChI is InChI=1S/C31H35N7O3/c1-22-15-26(16-29(35-22)37-20-30(40-2)34-21-37)38(31(39)24-9-13-41-14-10-24)19-23-5-7-27(32-17-23)25-6-8-28(33-18-25)36-11-3-4-12-36/h5-8,15-18,20-21,24H,3-4,9-14,19H2,1-2H3. The summed E-state index contributed by atoms with van der Waals surface area (Å²) >= 11 is 0. The average molecular weight is 554 g/mol. The summed E-state index contributed by atoms with van der Waals surface area (Å²) in [6.07, 6.45) is 11.0. The number of carbonyl (C=O) groups is 1. The molecule has 0 bridgehead atoms. The third-order valence-electron chi connectivity index (χ3n) is 7.74. The second kappa shape index (κ2) is 12.1. The monoisotopic (exact) mass is 553 g/mol. The highest BCUT2D eigenvalue weighted by molar-refractivity contribution is 5.95. The minimum absolute atomic E-state index is 0.0823. The molecule has 2 aliphatic heterocycles. The molecular formula is C31H35N7O3. The van der Waals surface area contributed by atoms with Gasteiger partial charge in [0, 0.05) is 67.6 Å². The van der Waals surface area contributed by atoms with Crippen LogP contribution in [-0.4, -0.2) is 63.8 Å². The van der Waals surface area contributed by atoms with E-state index in [2.05, 4.69) is 32.0 Å². The summed E-state index contributed by atoms with van der Waals surface area (Å²) in [6, 6.07) is 12.1. The lowest BCUT2D eigenvalue weighted by atomic mass is 9.98. The van der Waals surface area contributed by atoms with Crippen LogP contribution in [-0.2, 0) is 16.1 Å². The van der Waals surface area contributed by atoms with Crippen LogP contribution in [0.5, 0.6) is 5.88 Å². The molecule has 0 radical (unpaired) electrons. The first-order valence-corrected chi connectivity index (χ1v) is 14.2. The quantitative estimate of drug-likeness (QED) is 0.312. The van der Waals surface area contributed by atoms with E-state index in [0.717, 1.165) is 47.1 Å². The van der Waals surface area contributed by atoms with Crippen LogP contribution in [0.1, 0.15) is 36.9 Å². The normalized spacial score (nSPS) is 15.7. The van der Waals surface area contributed by atoms with E-state index < -0.39 is 0 Å². The number of methoxy groups -OCH3 is 1. The molecule has 41 heavy (non-hydrogen) atoms. The smallest absolute Gasteiger partial charge is 0.231 e. The maximum atomic E-state index is 13.9. The molecule has 1 amide bonds. The summed E-state index contributed by atoms with van der Waals surface area (Å²) in [5, 5.41) is 0. The van der Waals surface area contributed by atoms with Crippen molar-refractivity contribution in [2.24, 2.45) is 5.92 Å². The van der Waals surface area contributed by atoms with E-state index in [9.17, 15) is 4.79 Å². The Balaban J connectivity index is 1.26. The molecule has 4 aromatic rings. The van der Waals surface area contributed by atoms with Gasteiger partial charge in [0.25, 0.3) is 0 Å². The van der Waals surface area contributed by atoms with Gasteiger partial charge in [0.2, 0.25) is 11.8 Å². The molecule has 0 unspecified atom stereocenters. The minimum atomic E-state index is -0.0959. The molecule has 0 saturated carbocycles. The van der Waals surface area contributed by atoms with Crippen molar-refractivity contribution in [3.05, 3.63) is 72.6 Å². The fraction of sp³-hybridized carbons (Fsp3) is 0.387. The average Bonchev–Trinajstić information content (AvgIpc) is 3.73. The maximum absolute atomic E-state index is 13.9. The predicted octanol–water partition coefficient (Wildman–Crippen LogP) is 4.60. The molecule has 0 aliphatic carbocycles. The van der Waals surface area contributed by atoms with Crippen molar-refractivity contribution in [2.75, 3.05) is 43.2 Å². The zero-order chi connectivity index (χ0) is 28.2. The second-order valence-corrected chi connectivity index (χ2v) is 10.6. The Morgan fingerprint density at radius 3 is 2.54 bits per heavy atom. The van der Waals surface area contributed by atoms with Gasteiger partial charge in [-0.25, -0.2) is 15.0 Å². The van der Waals surface area contributed by atoms with Gasteiger partial charge in [0.05, 0.1) is 25.5 Å². The Labute approximate surface area is 240 Å².